The number of hydrogen-bond acceptors (Lipinski definition) is 3. The fraction of sp³-hybridized carbons (Fsp3) is 0.700. The number of likely N-dealkylation sites (tertiary alicyclic amines) is 1. The molecule has 132 valence electrons. The van der Waals surface area contributed by atoms with Crippen LogP contribution in [0.25, 0.3) is 0 Å². The van der Waals surface area contributed by atoms with Crippen molar-refractivity contribution in [2.45, 2.75) is 77.9 Å². The van der Waals surface area contributed by atoms with Gasteiger partial charge in [-0.3, -0.25) is 4.98 Å². The van der Waals surface area contributed by atoms with Crippen LogP contribution in [0.2, 0.25) is 0 Å². The summed E-state index contributed by atoms with van der Waals surface area (Å²) in [5.74, 6) is 0. The minimum Gasteiger partial charge on any atom is -0.444 e. The van der Waals surface area contributed by atoms with E-state index in [2.05, 4.69) is 17.1 Å². The molecule has 1 amide bonds. The second kappa shape index (κ2) is 6.38. The van der Waals surface area contributed by atoms with Gasteiger partial charge in [-0.25, -0.2) is 4.79 Å². The Labute approximate surface area is 145 Å². The van der Waals surface area contributed by atoms with Crippen LogP contribution >= 0.6 is 0 Å². The lowest BCUT2D eigenvalue weighted by molar-refractivity contribution is 0.00154. The van der Waals surface area contributed by atoms with E-state index in [1.165, 1.54) is 12.8 Å². The lowest BCUT2D eigenvalue weighted by Gasteiger charge is -2.40. The average Bonchev–Trinajstić information content (AvgIpc) is 3.22. The van der Waals surface area contributed by atoms with Crippen molar-refractivity contribution >= 4 is 6.09 Å². The van der Waals surface area contributed by atoms with Crippen LogP contribution in [-0.4, -0.2) is 34.2 Å². The molecule has 1 aliphatic carbocycles. The second-order valence-electron chi connectivity index (χ2n) is 8.59. The number of piperidine rings is 1. The Morgan fingerprint density at radius 3 is 2.71 bits per heavy atom. The van der Waals surface area contributed by atoms with Gasteiger partial charge < -0.3 is 9.64 Å². The summed E-state index contributed by atoms with van der Waals surface area (Å²) in [7, 11) is 0. The summed E-state index contributed by atoms with van der Waals surface area (Å²) in [6.45, 7) is 8.66. The molecule has 4 heteroatoms. The number of amides is 1. The summed E-state index contributed by atoms with van der Waals surface area (Å²) < 4.78 is 5.64. The number of ether oxygens (including phenoxy) is 1. The number of rotatable bonds is 3. The van der Waals surface area contributed by atoms with E-state index >= 15 is 0 Å². The molecule has 1 unspecified atom stereocenters. The lowest BCUT2D eigenvalue weighted by atomic mass is 9.86. The van der Waals surface area contributed by atoms with E-state index in [4.69, 9.17) is 4.74 Å². The summed E-state index contributed by atoms with van der Waals surface area (Å²) >= 11 is 0. The summed E-state index contributed by atoms with van der Waals surface area (Å²) in [5, 5.41) is 0. The third kappa shape index (κ3) is 4.28. The maximum atomic E-state index is 12.6. The molecular formula is C20H30N2O2. The van der Waals surface area contributed by atoms with Gasteiger partial charge in [-0.2, -0.15) is 0 Å². The van der Waals surface area contributed by atoms with E-state index < -0.39 is 5.60 Å². The Morgan fingerprint density at radius 2 is 2.08 bits per heavy atom. The van der Waals surface area contributed by atoms with Gasteiger partial charge in [0.1, 0.15) is 5.60 Å². The molecular weight excluding hydrogens is 300 g/mol. The molecule has 0 N–H and O–H groups in total. The summed E-state index contributed by atoms with van der Waals surface area (Å²) in [4.78, 5) is 19.2. The summed E-state index contributed by atoms with van der Waals surface area (Å²) in [6.07, 6.45) is 6.64. The first kappa shape index (κ1) is 17.2. The van der Waals surface area contributed by atoms with E-state index in [-0.39, 0.29) is 12.1 Å². The van der Waals surface area contributed by atoms with Crippen LogP contribution in [0.1, 0.15) is 64.3 Å². The highest BCUT2D eigenvalue weighted by Gasteiger charge is 2.49. The van der Waals surface area contributed by atoms with E-state index in [1.807, 2.05) is 38.7 Å². The van der Waals surface area contributed by atoms with Crippen molar-refractivity contribution < 1.29 is 9.53 Å². The predicted octanol–water partition coefficient (Wildman–Crippen LogP) is 4.50. The molecule has 3 rings (SSSR count). The molecule has 1 aromatic rings. The van der Waals surface area contributed by atoms with Crippen molar-refractivity contribution in [3.63, 3.8) is 0 Å². The molecule has 0 aromatic carbocycles. The number of pyridine rings is 1. The fourth-order valence-corrected chi connectivity index (χ4v) is 3.76. The minimum absolute atomic E-state index is 0.153. The van der Waals surface area contributed by atoms with Crippen molar-refractivity contribution in [1.82, 2.24) is 9.88 Å². The van der Waals surface area contributed by atoms with Gasteiger partial charge in [-0.15, -0.1) is 0 Å². The first-order chi connectivity index (χ1) is 11.3. The molecule has 0 bridgehead atoms. The summed E-state index contributed by atoms with van der Waals surface area (Å²) in [5.41, 5.74) is 2.26. The normalized spacial score (nSPS) is 22.5. The Bertz CT molecular complexity index is 602. The molecule has 1 aromatic heterocycles. The highest BCUT2D eigenvalue weighted by Crippen LogP contribution is 2.55. The van der Waals surface area contributed by atoms with Crippen LogP contribution < -0.4 is 0 Å². The number of carbonyl (C=O) groups excluding carboxylic acids is 1. The summed E-state index contributed by atoms with van der Waals surface area (Å²) in [6, 6.07) is 6.45. The molecule has 1 saturated carbocycles. The smallest absolute Gasteiger partial charge is 0.410 e. The molecule has 1 saturated heterocycles. The lowest BCUT2D eigenvalue weighted by Crippen LogP contribution is -2.48. The van der Waals surface area contributed by atoms with Gasteiger partial charge in [-0.05, 0) is 83.8 Å². The minimum atomic E-state index is -0.436. The van der Waals surface area contributed by atoms with Gasteiger partial charge in [0.2, 0.25) is 0 Å². The van der Waals surface area contributed by atoms with Gasteiger partial charge in [0.15, 0.2) is 0 Å². The maximum absolute atomic E-state index is 12.6. The third-order valence-corrected chi connectivity index (χ3v) is 5.26. The molecule has 1 aliphatic heterocycles. The van der Waals surface area contributed by atoms with Gasteiger partial charge in [-0.1, -0.05) is 6.07 Å². The molecule has 2 aliphatic rings. The molecule has 4 nitrogen and oxygen atoms in total. The van der Waals surface area contributed by atoms with E-state index in [0.717, 1.165) is 43.6 Å². The Hall–Kier alpha value is -1.58. The third-order valence-electron chi connectivity index (χ3n) is 5.26. The van der Waals surface area contributed by atoms with Gasteiger partial charge >= 0.3 is 6.09 Å². The number of nitrogens with zero attached hydrogens (tertiary/aromatic N) is 2. The Morgan fingerprint density at radius 1 is 1.33 bits per heavy atom. The van der Waals surface area contributed by atoms with E-state index in [0.29, 0.717) is 5.41 Å². The van der Waals surface area contributed by atoms with Crippen LogP contribution in [-0.2, 0) is 11.2 Å². The maximum Gasteiger partial charge on any atom is 0.410 e. The van der Waals surface area contributed by atoms with Crippen LogP contribution in [0.5, 0.6) is 0 Å². The Balaban J connectivity index is 1.66. The zero-order valence-corrected chi connectivity index (χ0v) is 15.5. The first-order valence-corrected chi connectivity index (χ1v) is 9.19. The number of hydrogen-bond donors (Lipinski definition) is 0. The van der Waals surface area contributed by atoms with Crippen molar-refractivity contribution in [3.8, 4) is 0 Å². The quantitative estimate of drug-likeness (QED) is 0.819. The predicted molar refractivity (Wildman–Crippen MR) is 94.9 cm³/mol. The highest BCUT2D eigenvalue weighted by atomic mass is 16.6. The average molecular weight is 330 g/mol. The highest BCUT2D eigenvalue weighted by molar-refractivity contribution is 5.68. The van der Waals surface area contributed by atoms with Crippen LogP contribution in [0.15, 0.2) is 18.2 Å². The Kier molecular flexibility index (Phi) is 4.58. The molecule has 0 radical (unpaired) electrons. The molecule has 2 fully saturated rings. The fourth-order valence-electron chi connectivity index (χ4n) is 3.76. The number of carbonyl (C=O) groups is 1. The monoisotopic (exact) mass is 330 g/mol. The SMILES string of the molecule is Cc1cccc(CCC2CC3(CCN2C(=O)OC(C)(C)C)CC3)n1. The van der Waals surface area contributed by atoms with E-state index in [9.17, 15) is 4.79 Å². The van der Waals surface area contributed by atoms with Crippen molar-refractivity contribution in [1.29, 1.82) is 0 Å². The van der Waals surface area contributed by atoms with E-state index in [1.54, 1.807) is 0 Å². The topological polar surface area (TPSA) is 42.4 Å². The number of aromatic nitrogens is 1. The second-order valence-corrected chi connectivity index (χ2v) is 8.59. The van der Waals surface area contributed by atoms with Gasteiger partial charge in [0.25, 0.3) is 0 Å². The van der Waals surface area contributed by atoms with Crippen molar-refractivity contribution in [3.05, 3.63) is 29.6 Å². The van der Waals surface area contributed by atoms with Crippen molar-refractivity contribution in [2.24, 2.45) is 5.41 Å². The van der Waals surface area contributed by atoms with Gasteiger partial charge in [0, 0.05) is 24.0 Å². The van der Waals surface area contributed by atoms with Gasteiger partial charge in [0.05, 0.1) is 0 Å². The molecule has 2 heterocycles. The van der Waals surface area contributed by atoms with Crippen LogP contribution in [0.3, 0.4) is 0 Å². The standard InChI is InChI=1S/C20H30N2O2/c1-15-6-5-7-16(21-15)8-9-17-14-20(10-11-20)12-13-22(17)18(23)24-19(2,3)4/h5-7,17H,8-14H2,1-4H3. The van der Waals surface area contributed by atoms with Crippen molar-refractivity contribution in [2.75, 3.05) is 6.54 Å². The zero-order chi connectivity index (χ0) is 17.4. The molecule has 24 heavy (non-hydrogen) atoms. The van der Waals surface area contributed by atoms with Crippen LogP contribution in [0.4, 0.5) is 4.79 Å². The largest absolute Gasteiger partial charge is 0.444 e. The molecule has 1 spiro atoms. The van der Waals surface area contributed by atoms with Crippen LogP contribution in [0, 0.1) is 12.3 Å². The molecule has 1 atom stereocenters. The zero-order valence-electron chi connectivity index (χ0n) is 15.5. The number of aryl methyl sites for hydroxylation is 2. The first-order valence-electron chi connectivity index (χ1n) is 9.19.